The highest BCUT2D eigenvalue weighted by atomic mass is 79.9. The van der Waals surface area contributed by atoms with Gasteiger partial charge in [0.05, 0.1) is 11.4 Å². The summed E-state index contributed by atoms with van der Waals surface area (Å²) in [5, 5.41) is 3.05. The lowest BCUT2D eigenvalue weighted by Crippen LogP contribution is -2.39. The Hall–Kier alpha value is -1.23. The molecule has 0 spiro atoms. The summed E-state index contributed by atoms with van der Waals surface area (Å²) >= 11 is 3.32. The first kappa shape index (κ1) is 12.8. The van der Waals surface area contributed by atoms with Crippen LogP contribution in [0.15, 0.2) is 22.7 Å². The third-order valence-corrected chi connectivity index (χ3v) is 2.79. The number of halogens is 1. The van der Waals surface area contributed by atoms with Crippen LogP contribution in [0.1, 0.15) is 13.8 Å². The number of benzene rings is 1. The van der Waals surface area contributed by atoms with Crippen LogP contribution >= 0.6 is 15.9 Å². The van der Waals surface area contributed by atoms with Crippen LogP contribution in [0.2, 0.25) is 0 Å². The van der Waals surface area contributed by atoms with Gasteiger partial charge in [0.15, 0.2) is 0 Å². The van der Waals surface area contributed by atoms with E-state index >= 15 is 0 Å². The van der Waals surface area contributed by atoms with E-state index in [0.29, 0.717) is 5.69 Å². The van der Waals surface area contributed by atoms with Crippen molar-refractivity contribution >= 4 is 33.2 Å². The minimum atomic E-state index is -0.413. The fraction of sp³-hybridized carbons (Fsp3) is 0.364. The second-order valence-electron chi connectivity index (χ2n) is 4.00. The van der Waals surface area contributed by atoms with Gasteiger partial charge in [-0.25, -0.2) is 0 Å². The zero-order valence-electron chi connectivity index (χ0n) is 9.33. The van der Waals surface area contributed by atoms with E-state index in [-0.39, 0.29) is 11.8 Å². The second kappa shape index (κ2) is 5.21. The van der Waals surface area contributed by atoms with Crippen molar-refractivity contribution in [2.24, 2.45) is 11.7 Å². The Morgan fingerprint density at radius 1 is 1.44 bits per heavy atom. The number of hydrogen-bond donors (Lipinski definition) is 3. The third kappa shape index (κ3) is 3.13. The maximum absolute atomic E-state index is 11.2. The summed E-state index contributed by atoms with van der Waals surface area (Å²) in [7, 11) is 0. The van der Waals surface area contributed by atoms with Gasteiger partial charge < -0.3 is 16.8 Å². The fourth-order valence-electron chi connectivity index (χ4n) is 1.40. The van der Waals surface area contributed by atoms with Crippen molar-refractivity contribution < 1.29 is 4.79 Å². The van der Waals surface area contributed by atoms with Gasteiger partial charge in [0, 0.05) is 4.47 Å². The van der Waals surface area contributed by atoms with E-state index in [4.69, 9.17) is 11.5 Å². The number of nitrogens with two attached hydrogens (primary N) is 2. The van der Waals surface area contributed by atoms with E-state index in [0.717, 1.165) is 10.2 Å². The van der Waals surface area contributed by atoms with Gasteiger partial charge in [-0.05, 0) is 24.1 Å². The number of primary amides is 1. The number of hydrogen-bond acceptors (Lipinski definition) is 3. The van der Waals surface area contributed by atoms with Gasteiger partial charge in [-0.3, -0.25) is 4.79 Å². The van der Waals surface area contributed by atoms with Crippen LogP contribution in [0, 0.1) is 5.92 Å². The average Bonchev–Trinajstić information content (AvgIpc) is 2.15. The molecule has 0 saturated carbocycles. The first-order valence-electron chi connectivity index (χ1n) is 5.02. The summed E-state index contributed by atoms with van der Waals surface area (Å²) in [6.07, 6.45) is 0. The van der Waals surface area contributed by atoms with Gasteiger partial charge in [0.2, 0.25) is 5.91 Å². The van der Waals surface area contributed by atoms with Gasteiger partial charge in [0.25, 0.3) is 0 Å². The lowest BCUT2D eigenvalue weighted by Gasteiger charge is -2.21. The SMILES string of the molecule is CC(C)C(Nc1ccc(Br)cc1N)C(N)=O. The molecule has 16 heavy (non-hydrogen) atoms. The molecule has 0 bridgehead atoms. The Bertz CT molecular complexity index is 393. The van der Waals surface area contributed by atoms with Crippen molar-refractivity contribution in [3.8, 4) is 0 Å². The zero-order chi connectivity index (χ0) is 12.3. The number of nitrogens with one attached hydrogen (secondary N) is 1. The number of nitrogen functional groups attached to an aromatic ring is 1. The number of rotatable bonds is 4. The molecule has 1 aromatic rings. The minimum Gasteiger partial charge on any atom is -0.397 e. The quantitative estimate of drug-likeness (QED) is 0.740. The molecule has 5 heteroatoms. The molecule has 0 aliphatic rings. The molecule has 0 aliphatic heterocycles. The Kier molecular flexibility index (Phi) is 4.18. The van der Waals surface area contributed by atoms with E-state index < -0.39 is 6.04 Å². The molecule has 1 atom stereocenters. The largest absolute Gasteiger partial charge is 0.397 e. The van der Waals surface area contributed by atoms with E-state index in [1.165, 1.54) is 0 Å². The Balaban J connectivity index is 2.90. The number of anilines is 2. The molecular formula is C11H16BrN3O. The summed E-state index contributed by atoms with van der Waals surface area (Å²) in [5.41, 5.74) is 12.4. The van der Waals surface area contributed by atoms with E-state index in [2.05, 4.69) is 21.2 Å². The maximum atomic E-state index is 11.2. The second-order valence-corrected chi connectivity index (χ2v) is 4.92. The zero-order valence-corrected chi connectivity index (χ0v) is 10.9. The van der Waals surface area contributed by atoms with E-state index in [1.807, 2.05) is 26.0 Å². The highest BCUT2D eigenvalue weighted by molar-refractivity contribution is 9.10. The van der Waals surface area contributed by atoms with Crippen LogP contribution in [-0.4, -0.2) is 11.9 Å². The lowest BCUT2D eigenvalue weighted by atomic mass is 10.0. The standard InChI is InChI=1S/C11H16BrN3O/c1-6(2)10(11(14)16)15-9-4-3-7(12)5-8(9)13/h3-6,10,15H,13H2,1-2H3,(H2,14,16). The third-order valence-electron chi connectivity index (χ3n) is 2.30. The maximum Gasteiger partial charge on any atom is 0.240 e. The van der Waals surface area contributed by atoms with Crippen LogP contribution in [0.5, 0.6) is 0 Å². The summed E-state index contributed by atoms with van der Waals surface area (Å²) in [6.45, 7) is 3.86. The Labute approximate surface area is 104 Å². The van der Waals surface area contributed by atoms with Gasteiger partial charge in [-0.2, -0.15) is 0 Å². The average molecular weight is 286 g/mol. The predicted octanol–water partition coefficient (Wildman–Crippen LogP) is 1.95. The predicted molar refractivity (Wildman–Crippen MR) is 70.0 cm³/mol. The molecule has 1 amide bonds. The highest BCUT2D eigenvalue weighted by Crippen LogP contribution is 2.24. The molecular weight excluding hydrogens is 270 g/mol. The summed E-state index contributed by atoms with van der Waals surface area (Å²) in [6, 6.07) is 5.04. The van der Waals surface area contributed by atoms with Crippen LogP contribution in [0.3, 0.4) is 0 Å². The molecule has 0 aliphatic carbocycles. The summed E-state index contributed by atoms with van der Waals surface area (Å²) < 4.78 is 0.899. The Morgan fingerprint density at radius 3 is 2.50 bits per heavy atom. The topological polar surface area (TPSA) is 81.1 Å². The van der Waals surface area contributed by atoms with Gasteiger partial charge >= 0.3 is 0 Å². The fourth-order valence-corrected chi connectivity index (χ4v) is 1.78. The molecule has 0 aromatic heterocycles. The number of carbonyl (C=O) groups excluding carboxylic acids is 1. The Morgan fingerprint density at radius 2 is 2.06 bits per heavy atom. The first-order chi connectivity index (χ1) is 7.41. The van der Waals surface area contributed by atoms with E-state index in [9.17, 15) is 4.79 Å². The molecule has 88 valence electrons. The van der Waals surface area contributed by atoms with Gasteiger partial charge in [-0.15, -0.1) is 0 Å². The first-order valence-corrected chi connectivity index (χ1v) is 5.82. The van der Waals surface area contributed by atoms with Crippen molar-refractivity contribution in [3.63, 3.8) is 0 Å². The molecule has 1 rings (SSSR count). The number of amides is 1. The van der Waals surface area contributed by atoms with Crippen molar-refractivity contribution in [2.45, 2.75) is 19.9 Å². The molecule has 0 heterocycles. The molecule has 0 radical (unpaired) electrons. The molecule has 4 nitrogen and oxygen atoms in total. The minimum absolute atomic E-state index is 0.112. The monoisotopic (exact) mass is 285 g/mol. The smallest absolute Gasteiger partial charge is 0.240 e. The van der Waals surface area contributed by atoms with Crippen LogP contribution < -0.4 is 16.8 Å². The van der Waals surface area contributed by atoms with Crippen molar-refractivity contribution in [2.75, 3.05) is 11.1 Å². The highest BCUT2D eigenvalue weighted by Gasteiger charge is 2.19. The van der Waals surface area contributed by atoms with Crippen LogP contribution in [0.4, 0.5) is 11.4 Å². The summed E-state index contributed by atoms with van der Waals surface area (Å²) in [5.74, 6) is -0.266. The molecule has 0 fully saturated rings. The van der Waals surface area contributed by atoms with Crippen molar-refractivity contribution in [1.82, 2.24) is 0 Å². The van der Waals surface area contributed by atoms with Gasteiger partial charge in [0.1, 0.15) is 6.04 Å². The molecule has 1 aromatic carbocycles. The van der Waals surface area contributed by atoms with Crippen LogP contribution in [0.25, 0.3) is 0 Å². The van der Waals surface area contributed by atoms with Crippen molar-refractivity contribution in [3.05, 3.63) is 22.7 Å². The molecule has 5 N–H and O–H groups in total. The van der Waals surface area contributed by atoms with E-state index in [1.54, 1.807) is 6.07 Å². The summed E-state index contributed by atoms with van der Waals surface area (Å²) in [4.78, 5) is 11.2. The lowest BCUT2D eigenvalue weighted by molar-refractivity contribution is -0.119. The van der Waals surface area contributed by atoms with Crippen LogP contribution in [-0.2, 0) is 4.79 Å². The molecule has 1 unspecified atom stereocenters. The van der Waals surface area contributed by atoms with Gasteiger partial charge in [-0.1, -0.05) is 29.8 Å². The number of carbonyl (C=O) groups is 1. The van der Waals surface area contributed by atoms with Crippen molar-refractivity contribution in [1.29, 1.82) is 0 Å². The normalized spacial score (nSPS) is 12.5. The molecule has 0 saturated heterocycles.